The highest BCUT2D eigenvalue weighted by Gasteiger charge is 2.27. The Morgan fingerprint density at radius 1 is 1.11 bits per heavy atom. The molecule has 180 valence electrons. The number of carbonyl (C=O) groups is 3. The monoisotopic (exact) mass is 475 g/mol. The van der Waals surface area contributed by atoms with Gasteiger partial charge in [-0.3, -0.25) is 23.5 Å². The molecule has 2 amide bonds. The summed E-state index contributed by atoms with van der Waals surface area (Å²) in [5, 5.41) is 9.27. The van der Waals surface area contributed by atoms with E-state index in [0.29, 0.717) is 17.7 Å². The van der Waals surface area contributed by atoms with Crippen LogP contribution in [-0.2, 0) is 27.4 Å². The zero-order valence-electron chi connectivity index (χ0n) is 19.1. The van der Waals surface area contributed by atoms with Crippen LogP contribution in [0, 0.1) is 11.3 Å². The Balaban J connectivity index is 1.78. The van der Waals surface area contributed by atoms with Crippen LogP contribution < -0.4 is 11.4 Å². The first-order chi connectivity index (χ1) is 16.9. The minimum atomic E-state index is -0.685. The third-order valence-electron chi connectivity index (χ3n) is 5.99. The van der Waals surface area contributed by atoms with Crippen molar-refractivity contribution < 1.29 is 19.1 Å². The number of rotatable bonds is 9. The maximum absolute atomic E-state index is 13.3. The van der Waals surface area contributed by atoms with Crippen LogP contribution in [-0.4, -0.2) is 57.4 Å². The van der Waals surface area contributed by atoms with Crippen molar-refractivity contribution in [1.29, 1.82) is 5.26 Å². The summed E-state index contributed by atoms with van der Waals surface area (Å²) in [6, 6.07) is 15.4. The lowest BCUT2D eigenvalue weighted by atomic mass is 10.0. The Bertz CT molecular complexity index is 1360. The highest BCUT2D eigenvalue weighted by atomic mass is 16.5. The number of hydrogen-bond acceptors (Lipinski definition) is 6. The first-order valence-corrected chi connectivity index (χ1v) is 11.3. The van der Waals surface area contributed by atoms with E-state index in [2.05, 4.69) is 0 Å². The molecule has 1 atom stereocenters. The number of primary amides is 1. The van der Waals surface area contributed by atoms with E-state index in [4.69, 9.17) is 10.5 Å². The number of imidazole rings is 1. The van der Waals surface area contributed by atoms with Gasteiger partial charge in [0.15, 0.2) is 5.78 Å². The van der Waals surface area contributed by atoms with E-state index in [0.717, 1.165) is 12.8 Å². The molecule has 0 spiro atoms. The maximum atomic E-state index is 13.3. The van der Waals surface area contributed by atoms with Crippen molar-refractivity contribution in [2.24, 2.45) is 5.73 Å². The van der Waals surface area contributed by atoms with E-state index < -0.39 is 24.0 Å². The average molecular weight is 476 g/mol. The molecule has 0 aliphatic carbocycles. The fourth-order valence-electron chi connectivity index (χ4n) is 4.39. The number of carbonyl (C=O) groups excluding carboxylic acids is 3. The number of nitrogens with zero attached hydrogens (tertiary/aromatic N) is 4. The number of fused-ring (bicyclic) bond motifs is 1. The molecule has 2 aromatic carbocycles. The lowest BCUT2D eigenvalue weighted by Crippen LogP contribution is -2.45. The molecule has 2 heterocycles. The SMILES string of the molecule is N#CCn1c(=O)n(CC(=O)N(CC(N)=O)CC2CCCO2)c2c(C(=O)c3ccccc3)cccc21. The van der Waals surface area contributed by atoms with Crippen molar-refractivity contribution in [3.05, 3.63) is 70.1 Å². The van der Waals surface area contributed by atoms with Gasteiger partial charge in [0.1, 0.15) is 13.1 Å². The molecule has 4 rings (SSSR count). The number of nitrogens with two attached hydrogens (primary N) is 1. The van der Waals surface area contributed by atoms with Gasteiger partial charge in [-0.2, -0.15) is 5.26 Å². The maximum Gasteiger partial charge on any atom is 0.330 e. The summed E-state index contributed by atoms with van der Waals surface area (Å²) in [6.45, 7) is -0.244. The molecule has 1 unspecified atom stereocenters. The topological polar surface area (TPSA) is 140 Å². The molecule has 35 heavy (non-hydrogen) atoms. The molecule has 0 saturated carbocycles. The van der Waals surface area contributed by atoms with Crippen LogP contribution in [0.2, 0.25) is 0 Å². The second-order valence-corrected chi connectivity index (χ2v) is 8.36. The smallest absolute Gasteiger partial charge is 0.330 e. The highest BCUT2D eigenvalue weighted by molar-refractivity contribution is 6.15. The molecule has 1 aliphatic rings. The van der Waals surface area contributed by atoms with Gasteiger partial charge < -0.3 is 15.4 Å². The van der Waals surface area contributed by atoms with Gasteiger partial charge in [0.25, 0.3) is 0 Å². The Kier molecular flexibility index (Phi) is 7.08. The number of amides is 2. The number of aromatic nitrogens is 2. The molecule has 10 nitrogen and oxygen atoms in total. The fraction of sp³-hybridized carbons (Fsp3) is 0.320. The zero-order valence-corrected chi connectivity index (χ0v) is 19.1. The van der Waals surface area contributed by atoms with Gasteiger partial charge in [0, 0.05) is 24.3 Å². The number of ether oxygens (including phenoxy) is 1. The minimum Gasteiger partial charge on any atom is -0.376 e. The highest BCUT2D eigenvalue weighted by Crippen LogP contribution is 2.22. The van der Waals surface area contributed by atoms with Crippen molar-refractivity contribution in [2.45, 2.75) is 32.0 Å². The Morgan fingerprint density at radius 3 is 2.54 bits per heavy atom. The van der Waals surface area contributed by atoms with Crippen LogP contribution >= 0.6 is 0 Å². The largest absolute Gasteiger partial charge is 0.376 e. The lowest BCUT2D eigenvalue weighted by molar-refractivity contribution is -0.137. The predicted octanol–water partition coefficient (Wildman–Crippen LogP) is 1.05. The van der Waals surface area contributed by atoms with Gasteiger partial charge in [-0.1, -0.05) is 36.4 Å². The molecule has 1 aliphatic heterocycles. The Morgan fingerprint density at radius 2 is 1.89 bits per heavy atom. The van der Waals surface area contributed by atoms with E-state index >= 15 is 0 Å². The predicted molar refractivity (Wildman–Crippen MR) is 126 cm³/mol. The van der Waals surface area contributed by atoms with Gasteiger partial charge in [0.05, 0.1) is 29.8 Å². The molecule has 10 heteroatoms. The van der Waals surface area contributed by atoms with Gasteiger partial charge in [-0.05, 0) is 25.0 Å². The molecule has 0 bridgehead atoms. The van der Waals surface area contributed by atoms with Crippen LogP contribution in [0.4, 0.5) is 0 Å². The third kappa shape index (κ3) is 5.00. The number of nitriles is 1. The number of hydrogen-bond donors (Lipinski definition) is 1. The van der Waals surface area contributed by atoms with Crippen molar-refractivity contribution in [3.63, 3.8) is 0 Å². The summed E-state index contributed by atoms with van der Waals surface area (Å²) in [5.74, 6) is -1.52. The van der Waals surface area contributed by atoms with Crippen LogP contribution in [0.5, 0.6) is 0 Å². The third-order valence-corrected chi connectivity index (χ3v) is 5.99. The van der Waals surface area contributed by atoms with E-state index in [-0.39, 0.29) is 42.6 Å². The summed E-state index contributed by atoms with van der Waals surface area (Å²) in [7, 11) is 0. The van der Waals surface area contributed by atoms with Crippen LogP contribution in [0.25, 0.3) is 11.0 Å². The summed E-state index contributed by atoms with van der Waals surface area (Å²) >= 11 is 0. The first kappa shape index (κ1) is 23.9. The molecule has 1 fully saturated rings. The summed E-state index contributed by atoms with van der Waals surface area (Å²) < 4.78 is 8.01. The number of benzene rings is 2. The summed E-state index contributed by atoms with van der Waals surface area (Å²) in [4.78, 5) is 52.8. The average Bonchev–Trinajstić information content (AvgIpc) is 3.46. The molecule has 0 radical (unpaired) electrons. The van der Waals surface area contributed by atoms with E-state index in [1.54, 1.807) is 48.5 Å². The number of para-hydroxylation sites is 1. The molecule has 1 saturated heterocycles. The van der Waals surface area contributed by atoms with E-state index in [1.807, 2.05) is 6.07 Å². The molecule has 3 aromatic rings. The van der Waals surface area contributed by atoms with Crippen molar-refractivity contribution >= 4 is 28.6 Å². The van der Waals surface area contributed by atoms with Gasteiger partial charge in [-0.25, -0.2) is 4.79 Å². The Hall–Kier alpha value is -4.23. The Labute approximate surface area is 201 Å². The quantitative estimate of drug-likeness (QED) is 0.459. The molecular weight excluding hydrogens is 450 g/mol. The number of ketones is 1. The fourth-order valence-corrected chi connectivity index (χ4v) is 4.39. The van der Waals surface area contributed by atoms with Crippen LogP contribution in [0.1, 0.15) is 28.8 Å². The van der Waals surface area contributed by atoms with Crippen molar-refractivity contribution in [3.8, 4) is 6.07 Å². The second-order valence-electron chi connectivity index (χ2n) is 8.36. The van der Waals surface area contributed by atoms with Gasteiger partial charge in [0.2, 0.25) is 11.8 Å². The molecule has 1 aromatic heterocycles. The molecular formula is C25H25N5O5. The zero-order chi connectivity index (χ0) is 24.9. The van der Waals surface area contributed by atoms with E-state index in [1.165, 1.54) is 14.0 Å². The summed E-state index contributed by atoms with van der Waals surface area (Å²) in [6.07, 6.45) is 1.39. The van der Waals surface area contributed by atoms with Crippen LogP contribution in [0.15, 0.2) is 53.3 Å². The van der Waals surface area contributed by atoms with Gasteiger partial charge >= 0.3 is 5.69 Å². The lowest BCUT2D eigenvalue weighted by Gasteiger charge is -2.24. The van der Waals surface area contributed by atoms with Crippen molar-refractivity contribution in [1.82, 2.24) is 14.0 Å². The van der Waals surface area contributed by atoms with Gasteiger partial charge in [-0.15, -0.1) is 0 Å². The van der Waals surface area contributed by atoms with Crippen molar-refractivity contribution in [2.75, 3.05) is 19.7 Å². The minimum absolute atomic E-state index is 0.170. The molecule has 2 N–H and O–H groups in total. The summed E-state index contributed by atoms with van der Waals surface area (Å²) in [5.41, 5.74) is 6.04. The standard InChI is InChI=1S/C25H25N5O5/c26-11-12-29-20-10-4-9-19(24(33)17-6-2-1-3-7-17)23(20)30(25(29)34)16-22(32)28(15-21(27)31)14-18-8-5-13-35-18/h1-4,6-7,9-10,18H,5,8,12-16H2,(H2,27,31). The normalized spacial score (nSPS) is 15.1. The van der Waals surface area contributed by atoms with Crippen LogP contribution in [0.3, 0.4) is 0 Å². The first-order valence-electron chi connectivity index (χ1n) is 11.3. The second kappa shape index (κ2) is 10.4. The van der Waals surface area contributed by atoms with E-state index in [9.17, 15) is 24.4 Å².